The molecule has 0 bridgehead atoms. The zero-order valence-electron chi connectivity index (χ0n) is 9.39. The molecule has 0 atom stereocenters. The van der Waals surface area contributed by atoms with Crippen molar-refractivity contribution >= 4 is 28.4 Å². The van der Waals surface area contributed by atoms with Gasteiger partial charge in [0.05, 0.1) is 0 Å². The number of carbonyl (C=O) groups is 1. The van der Waals surface area contributed by atoms with Gasteiger partial charge < -0.3 is 11.5 Å². The van der Waals surface area contributed by atoms with Crippen LogP contribution in [0.4, 0.5) is 5.69 Å². The number of nitrogens with two attached hydrogens (primary N) is 2. The highest BCUT2D eigenvalue weighted by atomic mass is 16.1. The van der Waals surface area contributed by atoms with Gasteiger partial charge in [-0.2, -0.15) is 0 Å². The predicted octanol–water partition coefficient (Wildman–Crippen LogP) is 2.31. The third kappa shape index (κ3) is 2.45. The molecule has 3 nitrogen and oxygen atoms in total. The van der Waals surface area contributed by atoms with Crippen LogP contribution in [0.25, 0.3) is 16.8 Å². The Morgan fingerprint density at radius 1 is 1.12 bits per heavy atom. The van der Waals surface area contributed by atoms with E-state index in [0.29, 0.717) is 0 Å². The highest BCUT2D eigenvalue weighted by Crippen LogP contribution is 2.24. The largest absolute Gasteiger partial charge is 0.398 e. The maximum Gasteiger partial charge on any atom is 0.221 e. The fraction of sp³-hybridized carbons (Fsp3) is 0.0714. The van der Waals surface area contributed by atoms with E-state index < -0.39 is 0 Å². The van der Waals surface area contributed by atoms with E-state index in [4.69, 9.17) is 11.5 Å². The summed E-state index contributed by atoms with van der Waals surface area (Å²) < 4.78 is 0. The summed E-state index contributed by atoms with van der Waals surface area (Å²) in [6.07, 6.45) is 3.91. The van der Waals surface area contributed by atoms with E-state index >= 15 is 0 Å². The lowest BCUT2D eigenvalue weighted by atomic mass is 10.0. The van der Waals surface area contributed by atoms with Crippen molar-refractivity contribution in [2.75, 3.05) is 5.73 Å². The first-order valence-electron chi connectivity index (χ1n) is 5.40. The molecule has 17 heavy (non-hydrogen) atoms. The summed E-state index contributed by atoms with van der Waals surface area (Å²) in [6.45, 7) is 0. The predicted molar refractivity (Wildman–Crippen MR) is 71.2 cm³/mol. The van der Waals surface area contributed by atoms with E-state index in [-0.39, 0.29) is 12.3 Å². The molecule has 0 aliphatic carbocycles. The molecule has 2 rings (SSSR count). The summed E-state index contributed by atoms with van der Waals surface area (Å²) in [7, 11) is 0. The van der Waals surface area contributed by atoms with Gasteiger partial charge in [-0.15, -0.1) is 0 Å². The lowest BCUT2D eigenvalue weighted by Gasteiger charge is -2.04. The van der Waals surface area contributed by atoms with Gasteiger partial charge >= 0.3 is 0 Å². The monoisotopic (exact) mass is 226 g/mol. The summed E-state index contributed by atoms with van der Waals surface area (Å²) in [6, 6.07) is 11.7. The average Bonchev–Trinajstić information content (AvgIpc) is 2.30. The Kier molecular flexibility index (Phi) is 3.10. The number of rotatable bonds is 3. The van der Waals surface area contributed by atoms with Crippen molar-refractivity contribution in [3.05, 3.63) is 48.0 Å². The minimum atomic E-state index is -0.332. The van der Waals surface area contributed by atoms with E-state index in [2.05, 4.69) is 0 Å². The second kappa shape index (κ2) is 4.70. The van der Waals surface area contributed by atoms with Crippen LogP contribution in [0.2, 0.25) is 0 Å². The van der Waals surface area contributed by atoms with Crippen LogP contribution >= 0.6 is 0 Å². The summed E-state index contributed by atoms with van der Waals surface area (Å²) in [4.78, 5) is 10.7. The van der Waals surface area contributed by atoms with E-state index in [1.807, 2.05) is 42.5 Å². The maximum atomic E-state index is 10.7. The number of benzene rings is 2. The lowest BCUT2D eigenvalue weighted by Crippen LogP contribution is -2.07. The molecule has 0 aliphatic heterocycles. The fourth-order valence-corrected chi connectivity index (χ4v) is 1.81. The standard InChI is InChI=1S/C14H14N2O/c15-13-8-3-6-11-10(4-1-7-12(11)13)5-2-9-14(16)17/h1-8H,9,15H2,(H2,16,17). The second-order valence-corrected chi connectivity index (χ2v) is 3.86. The minimum absolute atomic E-state index is 0.249. The molecule has 4 N–H and O–H groups in total. The van der Waals surface area contributed by atoms with Gasteiger partial charge in [0, 0.05) is 17.5 Å². The van der Waals surface area contributed by atoms with Crippen LogP contribution in [0, 0.1) is 0 Å². The Morgan fingerprint density at radius 2 is 1.82 bits per heavy atom. The summed E-state index contributed by atoms with van der Waals surface area (Å²) >= 11 is 0. The van der Waals surface area contributed by atoms with Crippen LogP contribution in [0.5, 0.6) is 0 Å². The summed E-state index contributed by atoms with van der Waals surface area (Å²) in [5.74, 6) is -0.332. The quantitative estimate of drug-likeness (QED) is 0.788. The molecular formula is C14H14N2O. The van der Waals surface area contributed by atoms with Crippen LogP contribution in [0.3, 0.4) is 0 Å². The van der Waals surface area contributed by atoms with Gasteiger partial charge in [-0.1, -0.05) is 42.5 Å². The molecule has 0 saturated heterocycles. The van der Waals surface area contributed by atoms with Gasteiger partial charge in [0.2, 0.25) is 5.91 Å². The summed E-state index contributed by atoms with van der Waals surface area (Å²) in [5.41, 5.74) is 12.8. The Bertz CT molecular complexity index is 588. The molecule has 0 unspecified atom stereocenters. The zero-order chi connectivity index (χ0) is 12.3. The van der Waals surface area contributed by atoms with Gasteiger partial charge in [0.15, 0.2) is 0 Å². The molecular weight excluding hydrogens is 212 g/mol. The third-order valence-corrected chi connectivity index (χ3v) is 2.61. The van der Waals surface area contributed by atoms with Crippen molar-refractivity contribution in [3.63, 3.8) is 0 Å². The van der Waals surface area contributed by atoms with Crippen LogP contribution in [0.15, 0.2) is 42.5 Å². The van der Waals surface area contributed by atoms with Crippen molar-refractivity contribution in [1.29, 1.82) is 0 Å². The normalized spacial score (nSPS) is 11.1. The molecule has 2 aromatic rings. The fourth-order valence-electron chi connectivity index (χ4n) is 1.81. The molecule has 86 valence electrons. The number of fused-ring (bicyclic) bond motifs is 1. The Hall–Kier alpha value is -2.29. The molecule has 3 heteroatoms. The Morgan fingerprint density at radius 3 is 2.59 bits per heavy atom. The molecule has 0 spiro atoms. The van der Waals surface area contributed by atoms with E-state index in [9.17, 15) is 4.79 Å². The van der Waals surface area contributed by atoms with Crippen LogP contribution < -0.4 is 11.5 Å². The van der Waals surface area contributed by atoms with Crippen molar-refractivity contribution in [2.45, 2.75) is 6.42 Å². The van der Waals surface area contributed by atoms with Gasteiger partial charge in [0.25, 0.3) is 0 Å². The highest BCUT2D eigenvalue weighted by Gasteiger charge is 2.00. The molecule has 0 radical (unpaired) electrons. The van der Waals surface area contributed by atoms with Crippen LogP contribution in [0.1, 0.15) is 12.0 Å². The number of anilines is 1. The number of hydrogen-bond acceptors (Lipinski definition) is 2. The molecule has 0 aliphatic rings. The number of nitrogen functional groups attached to an aromatic ring is 1. The van der Waals surface area contributed by atoms with E-state index in [1.165, 1.54) is 0 Å². The van der Waals surface area contributed by atoms with Crippen molar-refractivity contribution in [1.82, 2.24) is 0 Å². The molecule has 0 heterocycles. The number of primary amides is 1. The molecule has 0 saturated carbocycles. The second-order valence-electron chi connectivity index (χ2n) is 3.86. The highest BCUT2D eigenvalue weighted by molar-refractivity contribution is 5.98. The molecule has 2 aromatic carbocycles. The van der Waals surface area contributed by atoms with Gasteiger partial charge in [0.1, 0.15) is 0 Å². The SMILES string of the molecule is NC(=O)CC=Cc1cccc2c(N)cccc12. The minimum Gasteiger partial charge on any atom is -0.398 e. The first-order chi connectivity index (χ1) is 8.18. The van der Waals surface area contributed by atoms with Crippen LogP contribution in [-0.4, -0.2) is 5.91 Å². The number of hydrogen-bond donors (Lipinski definition) is 2. The Balaban J connectivity index is 2.44. The van der Waals surface area contributed by atoms with Crippen LogP contribution in [-0.2, 0) is 4.79 Å². The summed E-state index contributed by atoms with van der Waals surface area (Å²) in [5, 5.41) is 2.10. The smallest absolute Gasteiger partial charge is 0.221 e. The van der Waals surface area contributed by atoms with E-state index in [1.54, 1.807) is 6.08 Å². The van der Waals surface area contributed by atoms with Gasteiger partial charge in [-0.3, -0.25) is 4.79 Å². The maximum absolute atomic E-state index is 10.7. The topological polar surface area (TPSA) is 69.1 Å². The number of amides is 1. The zero-order valence-corrected chi connectivity index (χ0v) is 9.39. The van der Waals surface area contributed by atoms with Gasteiger partial charge in [-0.25, -0.2) is 0 Å². The van der Waals surface area contributed by atoms with Crippen molar-refractivity contribution in [2.24, 2.45) is 5.73 Å². The molecule has 0 aromatic heterocycles. The lowest BCUT2D eigenvalue weighted by molar-refractivity contribution is -0.117. The third-order valence-electron chi connectivity index (χ3n) is 2.61. The van der Waals surface area contributed by atoms with Gasteiger partial charge in [-0.05, 0) is 17.0 Å². The number of carbonyl (C=O) groups excluding carboxylic acids is 1. The first kappa shape index (κ1) is 11.2. The van der Waals surface area contributed by atoms with Crippen molar-refractivity contribution in [3.8, 4) is 0 Å². The van der Waals surface area contributed by atoms with Crippen molar-refractivity contribution < 1.29 is 4.79 Å². The average molecular weight is 226 g/mol. The molecule has 0 fully saturated rings. The Labute approximate surface area is 99.7 Å². The van der Waals surface area contributed by atoms with E-state index in [0.717, 1.165) is 22.0 Å². The molecule has 1 amide bonds. The first-order valence-corrected chi connectivity index (χ1v) is 5.40.